The number of halogens is 1. The molecule has 1 aromatic carbocycles. The molecule has 0 aliphatic heterocycles. The van der Waals surface area contributed by atoms with Gasteiger partial charge >= 0.3 is 5.97 Å². The molecular weight excluding hydrogens is 315 g/mol. The molecule has 21 heavy (non-hydrogen) atoms. The van der Waals surface area contributed by atoms with Crippen molar-refractivity contribution in [2.75, 3.05) is 11.1 Å². The van der Waals surface area contributed by atoms with Crippen molar-refractivity contribution in [3.63, 3.8) is 0 Å². The van der Waals surface area contributed by atoms with E-state index in [-0.39, 0.29) is 16.5 Å². The Labute approximate surface area is 128 Å². The van der Waals surface area contributed by atoms with E-state index in [2.05, 4.69) is 10.3 Å². The van der Waals surface area contributed by atoms with E-state index < -0.39 is 11.8 Å². The summed E-state index contributed by atoms with van der Waals surface area (Å²) in [6.45, 7) is 1.61. The number of carboxylic acids is 1. The molecule has 0 fully saturated rings. The van der Waals surface area contributed by atoms with Crippen molar-refractivity contribution in [3.05, 3.63) is 40.7 Å². The molecule has 0 unspecified atom stereocenters. The van der Waals surface area contributed by atoms with Gasteiger partial charge in [-0.1, -0.05) is 17.8 Å². The first-order valence-electron chi connectivity index (χ1n) is 5.84. The van der Waals surface area contributed by atoms with Crippen LogP contribution < -0.4 is 5.32 Å². The van der Waals surface area contributed by atoms with Crippen molar-refractivity contribution in [1.82, 2.24) is 4.98 Å². The molecule has 1 heterocycles. The molecule has 2 aromatic rings. The molecule has 0 saturated heterocycles. The number of amides is 1. The second kappa shape index (κ2) is 6.68. The monoisotopic (exact) mass is 326 g/mol. The third kappa shape index (κ3) is 4.27. The van der Waals surface area contributed by atoms with E-state index in [1.165, 1.54) is 18.2 Å². The lowest BCUT2D eigenvalue weighted by Crippen LogP contribution is -2.13. The number of anilines is 1. The fourth-order valence-corrected chi connectivity index (χ4v) is 3.35. The molecule has 1 aromatic heterocycles. The summed E-state index contributed by atoms with van der Waals surface area (Å²) in [5.74, 6) is -1.69. The second-order valence-corrected chi connectivity index (χ2v) is 6.27. The van der Waals surface area contributed by atoms with Crippen LogP contribution in [0.5, 0.6) is 0 Å². The van der Waals surface area contributed by atoms with Crippen LogP contribution in [0.4, 0.5) is 10.1 Å². The lowest BCUT2D eigenvalue weighted by atomic mass is 10.3. The summed E-state index contributed by atoms with van der Waals surface area (Å²) in [6, 6.07) is 5.60. The summed E-state index contributed by atoms with van der Waals surface area (Å²) in [7, 11) is 0. The number of nitrogens with one attached hydrogen (secondary N) is 1. The molecule has 0 spiro atoms. The number of aromatic carboxylic acids is 1. The Hall–Kier alpha value is -1.93. The van der Waals surface area contributed by atoms with Crippen molar-refractivity contribution < 1.29 is 19.1 Å². The van der Waals surface area contributed by atoms with Gasteiger partial charge in [-0.25, -0.2) is 14.2 Å². The number of aryl methyl sites for hydroxylation is 1. The summed E-state index contributed by atoms with van der Waals surface area (Å²) in [5.41, 5.74) is 0.808. The first-order chi connectivity index (χ1) is 9.95. The maximum Gasteiger partial charge on any atom is 0.347 e. The van der Waals surface area contributed by atoms with E-state index in [4.69, 9.17) is 5.11 Å². The molecule has 2 N–H and O–H groups in total. The Kier molecular flexibility index (Phi) is 4.92. The number of aromatic nitrogens is 1. The zero-order chi connectivity index (χ0) is 15.4. The van der Waals surface area contributed by atoms with Crippen molar-refractivity contribution in [3.8, 4) is 0 Å². The average Bonchev–Trinajstić information content (AvgIpc) is 2.78. The molecule has 8 heteroatoms. The van der Waals surface area contributed by atoms with E-state index in [1.54, 1.807) is 13.0 Å². The Balaban J connectivity index is 1.92. The quantitative estimate of drug-likeness (QED) is 0.826. The van der Waals surface area contributed by atoms with E-state index in [0.717, 1.165) is 23.1 Å². The topological polar surface area (TPSA) is 79.3 Å². The normalized spacial score (nSPS) is 10.4. The van der Waals surface area contributed by atoms with E-state index in [0.29, 0.717) is 15.7 Å². The third-order valence-corrected chi connectivity index (χ3v) is 4.69. The van der Waals surface area contributed by atoms with Crippen LogP contribution in [0.1, 0.15) is 15.4 Å². The van der Waals surface area contributed by atoms with Gasteiger partial charge in [-0.05, 0) is 25.1 Å². The summed E-state index contributed by atoms with van der Waals surface area (Å²) in [5, 5.41) is 11.5. The van der Waals surface area contributed by atoms with Crippen LogP contribution >= 0.6 is 23.1 Å². The van der Waals surface area contributed by atoms with Crippen molar-refractivity contribution in [1.29, 1.82) is 0 Å². The summed E-state index contributed by atoms with van der Waals surface area (Å²) < 4.78 is 13.5. The summed E-state index contributed by atoms with van der Waals surface area (Å²) in [4.78, 5) is 26.9. The Morgan fingerprint density at radius 2 is 2.24 bits per heavy atom. The maximum absolute atomic E-state index is 13.0. The summed E-state index contributed by atoms with van der Waals surface area (Å²) >= 11 is 2.17. The van der Waals surface area contributed by atoms with E-state index in [1.807, 2.05) is 0 Å². The molecule has 0 bridgehead atoms. The molecule has 2 rings (SSSR count). The van der Waals surface area contributed by atoms with Gasteiger partial charge < -0.3 is 10.4 Å². The predicted molar refractivity (Wildman–Crippen MR) is 79.6 cm³/mol. The highest BCUT2D eigenvalue weighted by molar-refractivity contribution is 8.01. The highest BCUT2D eigenvalue weighted by Gasteiger charge is 2.15. The molecule has 0 radical (unpaired) electrons. The minimum Gasteiger partial charge on any atom is -0.477 e. The highest BCUT2D eigenvalue weighted by atomic mass is 32.2. The molecule has 0 aliphatic rings. The molecule has 1 amide bonds. The minimum absolute atomic E-state index is 0.0720. The fraction of sp³-hybridized carbons (Fsp3) is 0.154. The zero-order valence-corrected chi connectivity index (χ0v) is 12.6. The smallest absolute Gasteiger partial charge is 0.347 e. The van der Waals surface area contributed by atoms with E-state index >= 15 is 0 Å². The molecule has 110 valence electrons. The molecule has 0 saturated carbocycles. The van der Waals surface area contributed by atoms with Gasteiger partial charge in [0.05, 0.1) is 11.4 Å². The number of carbonyl (C=O) groups excluding carboxylic acids is 1. The van der Waals surface area contributed by atoms with Crippen LogP contribution in [0, 0.1) is 12.7 Å². The van der Waals surface area contributed by atoms with Gasteiger partial charge in [0, 0.05) is 5.69 Å². The third-order valence-electron chi connectivity index (χ3n) is 2.41. The number of hydrogen-bond donors (Lipinski definition) is 2. The SMILES string of the molecule is Cc1nc(SCC(=O)Nc2cccc(F)c2)sc1C(=O)O. The first kappa shape index (κ1) is 15.5. The number of thiazole rings is 1. The highest BCUT2D eigenvalue weighted by Crippen LogP contribution is 2.27. The molecule has 5 nitrogen and oxygen atoms in total. The minimum atomic E-state index is -1.03. The maximum atomic E-state index is 13.0. The Bertz CT molecular complexity index is 688. The number of carbonyl (C=O) groups is 2. The lowest BCUT2D eigenvalue weighted by Gasteiger charge is -2.03. The Morgan fingerprint density at radius 1 is 1.48 bits per heavy atom. The first-order valence-corrected chi connectivity index (χ1v) is 7.65. The standard InChI is InChI=1S/C13H11FN2O3S2/c1-7-11(12(18)19)21-13(15-7)20-6-10(17)16-9-4-2-3-8(14)5-9/h2-5H,6H2,1H3,(H,16,17)(H,18,19). The predicted octanol–water partition coefficient (Wildman–Crippen LogP) is 3.02. The molecule has 0 atom stereocenters. The van der Waals surface area contributed by atoms with Crippen LogP contribution in [-0.2, 0) is 4.79 Å². The number of thioether (sulfide) groups is 1. The van der Waals surface area contributed by atoms with Gasteiger partial charge in [-0.15, -0.1) is 11.3 Å². The molecule has 0 aliphatic carbocycles. The van der Waals surface area contributed by atoms with Gasteiger partial charge in [0.15, 0.2) is 4.34 Å². The van der Waals surface area contributed by atoms with Crippen LogP contribution in [0.2, 0.25) is 0 Å². The number of hydrogen-bond acceptors (Lipinski definition) is 5. The van der Waals surface area contributed by atoms with Gasteiger partial charge in [0.25, 0.3) is 0 Å². The van der Waals surface area contributed by atoms with Gasteiger partial charge in [0.1, 0.15) is 10.7 Å². The van der Waals surface area contributed by atoms with Gasteiger partial charge in [0.2, 0.25) is 5.91 Å². The largest absolute Gasteiger partial charge is 0.477 e. The van der Waals surface area contributed by atoms with Crippen LogP contribution in [-0.4, -0.2) is 27.7 Å². The van der Waals surface area contributed by atoms with Crippen molar-refractivity contribution in [2.24, 2.45) is 0 Å². The molecular formula is C13H11FN2O3S2. The van der Waals surface area contributed by atoms with Crippen molar-refractivity contribution >= 4 is 40.7 Å². The van der Waals surface area contributed by atoms with Crippen molar-refractivity contribution in [2.45, 2.75) is 11.3 Å². The summed E-state index contributed by atoms with van der Waals surface area (Å²) in [6.07, 6.45) is 0. The zero-order valence-electron chi connectivity index (χ0n) is 10.9. The van der Waals surface area contributed by atoms with Crippen LogP contribution in [0.15, 0.2) is 28.6 Å². The van der Waals surface area contributed by atoms with Gasteiger partial charge in [-0.3, -0.25) is 4.79 Å². The Morgan fingerprint density at radius 3 is 2.86 bits per heavy atom. The fourth-order valence-electron chi connectivity index (χ4n) is 1.52. The lowest BCUT2D eigenvalue weighted by molar-refractivity contribution is -0.113. The number of benzene rings is 1. The second-order valence-electron chi connectivity index (χ2n) is 4.05. The number of rotatable bonds is 5. The average molecular weight is 326 g/mol. The van der Waals surface area contributed by atoms with Crippen LogP contribution in [0.25, 0.3) is 0 Å². The number of carboxylic acid groups (broad SMARTS) is 1. The van der Waals surface area contributed by atoms with Crippen LogP contribution in [0.3, 0.4) is 0 Å². The van der Waals surface area contributed by atoms with Gasteiger partial charge in [-0.2, -0.15) is 0 Å². The number of nitrogens with zero attached hydrogens (tertiary/aromatic N) is 1. The van der Waals surface area contributed by atoms with E-state index in [9.17, 15) is 14.0 Å².